The fourth-order valence-corrected chi connectivity index (χ4v) is 1.58. The number of benzene rings is 1. The fraction of sp³-hybridized carbons (Fsp3) is 0.364. The first-order chi connectivity index (χ1) is 7.69. The summed E-state index contributed by atoms with van der Waals surface area (Å²) in [6.45, 7) is -0.0857. The van der Waals surface area contributed by atoms with Gasteiger partial charge in [0.2, 0.25) is 0 Å². The normalized spacial score (nSPS) is 9.94. The van der Waals surface area contributed by atoms with Gasteiger partial charge >= 0.3 is 0 Å². The Morgan fingerprint density at radius 2 is 2.31 bits per heavy atom. The number of halogens is 2. The van der Waals surface area contributed by atoms with Gasteiger partial charge in [0.25, 0.3) is 5.91 Å². The summed E-state index contributed by atoms with van der Waals surface area (Å²) in [6.07, 6.45) is 0.333. The number of amides is 1. The van der Waals surface area contributed by atoms with Crippen molar-refractivity contribution in [3.63, 3.8) is 0 Å². The maximum Gasteiger partial charge on any atom is 0.251 e. The molecule has 1 N–H and O–H groups in total. The third-order valence-corrected chi connectivity index (χ3v) is 2.66. The number of ether oxygens (including phenoxy) is 1. The molecule has 0 heterocycles. The van der Waals surface area contributed by atoms with Crippen LogP contribution >= 0.6 is 15.9 Å². The van der Waals surface area contributed by atoms with Gasteiger partial charge in [-0.25, -0.2) is 0 Å². The van der Waals surface area contributed by atoms with Crippen LogP contribution in [-0.4, -0.2) is 26.2 Å². The molecule has 0 saturated heterocycles. The summed E-state index contributed by atoms with van der Waals surface area (Å²) in [5, 5.41) is 2.62. The lowest BCUT2D eigenvalue weighted by Crippen LogP contribution is -2.24. The minimum absolute atomic E-state index is 0.223. The van der Waals surface area contributed by atoms with Crippen molar-refractivity contribution >= 4 is 21.8 Å². The molecule has 0 spiro atoms. The third-order valence-electron chi connectivity index (χ3n) is 2.01. The molecule has 1 rings (SSSR count). The summed E-state index contributed by atoms with van der Waals surface area (Å²) in [7, 11) is 1.53. The van der Waals surface area contributed by atoms with Crippen LogP contribution in [0.1, 0.15) is 16.8 Å². The number of hydrogen-bond donors (Lipinski definition) is 1. The van der Waals surface area contributed by atoms with Gasteiger partial charge in [-0.3, -0.25) is 9.18 Å². The van der Waals surface area contributed by atoms with E-state index >= 15 is 0 Å². The zero-order valence-electron chi connectivity index (χ0n) is 8.93. The molecule has 0 bridgehead atoms. The van der Waals surface area contributed by atoms with Crippen molar-refractivity contribution in [1.29, 1.82) is 0 Å². The maximum atomic E-state index is 11.8. The SMILES string of the molecule is COc1cc(C(=O)NCCCF)ccc1Br. The molecule has 0 aromatic heterocycles. The summed E-state index contributed by atoms with van der Waals surface area (Å²) >= 11 is 3.30. The second kappa shape index (κ2) is 6.48. The Morgan fingerprint density at radius 1 is 1.56 bits per heavy atom. The second-order valence-corrected chi connectivity index (χ2v) is 4.00. The van der Waals surface area contributed by atoms with Gasteiger partial charge in [-0.15, -0.1) is 0 Å². The van der Waals surface area contributed by atoms with Crippen LogP contribution in [0, 0.1) is 0 Å². The molecule has 3 nitrogen and oxygen atoms in total. The summed E-state index contributed by atoms with van der Waals surface area (Å²) in [5.74, 6) is 0.373. The molecule has 1 aromatic rings. The van der Waals surface area contributed by atoms with E-state index in [1.165, 1.54) is 7.11 Å². The van der Waals surface area contributed by atoms with Crippen LogP contribution in [0.25, 0.3) is 0 Å². The molecular formula is C11H13BrFNO2. The molecule has 0 radical (unpaired) electrons. The Bertz CT molecular complexity index is 371. The molecule has 1 amide bonds. The number of methoxy groups -OCH3 is 1. The summed E-state index contributed by atoms with van der Waals surface area (Å²) in [6, 6.07) is 5.05. The maximum absolute atomic E-state index is 11.8. The number of nitrogens with one attached hydrogen (secondary N) is 1. The third kappa shape index (κ3) is 3.48. The molecule has 0 fully saturated rings. The first-order valence-corrected chi connectivity index (χ1v) is 5.66. The van der Waals surface area contributed by atoms with Gasteiger partial charge in [0.05, 0.1) is 18.3 Å². The number of rotatable bonds is 5. The van der Waals surface area contributed by atoms with Crippen LogP contribution in [0.3, 0.4) is 0 Å². The van der Waals surface area contributed by atoms with E-state index in [0.717, 1.165) is 4.47 Å². The van der Waals surface area contributed by atoms with E-state index in [9.17, 15) is 9.18 Å². The Kier molecular flexibility index (Phi) is 5.25. The molecule has 16 heavy (non-hydrogen) atoms. The fourth-order valence-electron chi connectivity index (χ4n) is 1.17. The van der Waals surface area contributed by atoms with Crippen molar-refractivity contribution in [3.8, 4) is 5.75 Å². The van der Waals surface area contributed by atoms with Gasteiger partial charge in [-0.2, -0.15) is 0 Å². The van der Waals surface area contributed by atoms with Gasteiger partial charge < -0.3 is 10.1 Å². The van der Waals surface area contributed by atoms with E-state index in [-0.39, 0.29) is 5.91 Å². The standard InChI is InChI=1S/C11H13BrFNO2/c1-16-10-7-8(3-4-9(10)12)11(15)14-6-2-5-13/h3-4,7H,2,5-6H2,1H3,(H,14,15). The van der Waals surface area contributed by atoms with E-state index in [4.69, 9.17) is 4.74 Å². The van der Waals surface area contributed by atoms with Gasteiger partial charge in [-0.1, -0.05) is 0 Å². The topological polar surface area (TPSA) is 38.3 Å². The first kappa shape index (κ1) is 13.0. The molecule has 5 heteroatoms. The molecule has 0 unspecified atom stereocenters. The molecular weight excluding hydrogens is 277 g/mol. The molecule has 0 atom stereocenters. The van der Waals surface area contributed by atoms with Crippen molar-refractivity contribution < 1.29 is 13.9 Å². The molecule has 0 aliphatic carbocycles. The van der Waals surface area contributed by atoms with Crippen LogP contribution in [0.4, 0.5) is 4.39 Å². The van der Waals surface area contributed by atoms with Crippen molar-refractivity contribution in [3.05, 3.63) is 28.2 Å². The molecule has 0 aliphatic rings. The largest absolute Gasteiger partial charge is 0.496 e. The quantitative estimate of drug-likeness (QED) is 0.846. The van der Waals surface area contributed by atoms with E-state index < -0.39 is 6.67 Å². The second-order valence-electron chi connectivity index (χ2n) is 3.15. The smallest absolute Gasteiger partial charge is 0.251 e. The van der Waals surface area contributed by atoms with Gasteiger partial charge in [0.1, 0.15) is 5.75 Å². The lowest BCUT2D eigenvalue weighted by Gasteiger charge is -2.07. The summed E-state index contributed by atoms with van der Waals surface area (Å²) in [4.78, 5) is 11.6. The Labute approximate surface area is 102 Å². The van der Waals surface area contributed by atoms with Crippen LogP contribution in [0.15, 0.2) is 22.7 Å². The van der Waals surface area contributed by atoms with E-state index in [1.807, 2.05) is 0 Å². The van der Waals surface area contributed by atoms with E-state index in [0.29, 0.717) is 24.3 Å². The molecule has 1 aromatic carbocycles. The highest BCUT2D eigenvalue weighted by atomic mass is 79.9. The predicted octanol–water partition coefficient (Wildman–Crippen LogP) is 2.55. The average Bonchev–Trinajstić information content (AvgIpc) is 2.30. The van der Waals surface area contributed by atoms with Gasteiger partial charge in [-0.05, 0) is 40.5 Å². The Morgan fingerprint density at radius 3 is 2.94 bits per heavy atom. The van der Waals surface area contributed by atoms with Crippen LogP contribution < -0.4 is 10.1 Å². The van der Waals surface area contributed by atoms with Crippen LogP contribution in [0.5, 0.6) is 5.75 Å². The molecule has 0 saturated carbocycles. The number of carbonyl (C=O) groups is 1. The number of hydrogen-bond acceptors (Lipinski definition) is 2. The van der Waals surface area contributed by atoms with Crippen molar-refractivity contribution in [2.45, 2.75) is 6.42 Å². The Hall–Kier alpha value is -1.10. The summed E-state index contributed by atoms with van der Waals surface area (Å²) < 4.78 is 17.7. The van der Waals surface area contributed by atoms with Crippen LogP contribution in [0.2, 0.25) is 0 Å². The highest BCUT2D eigenvalue weighted by molar-refractivity contribution is 9.10. The predicted molar refractivity (Wildman–Crippen MR) is 63.6 cm³/mol. The van der Waals surface area contributed by atoms with Crippen molar-refractivity contribution in [2.24, 2.45) is 0 Å². The minimum atomic E-state index is -0.427. The van der Waals surface area contributed by atoms with Gasteiger partial charge in [0, 0.05) is 12.1 Å². The zero-order valence-corrected chi connectivity index (χ0v) is 10.5. The number of alkyl halides is 1. The van der Waals surface area contributed by atoms with Gasteiger partial charge in [0.15, 0.2) is 0 Å². The summed E-state index contributed by atoms with van der Waals surface area (Å²) in [5.41, 5.74) is 0.499. The van der Waals surface area contributed by atoms with Crippen molar-refractivity contribution in [1.82, 2.24) is 5.32 Å². The van der Waals surface area contributed by atoms with Crippen LogP contribution in [-0.2, 0) is 0 Å². The molecule has 88 valence electrons. The highest BCUT2D eigenvalue weighted by Gasteiger charge is 2.08. The Balaban J connectivity index is 2.68. The zero-order chi connectivity index (χ0) is 12.0. The lowest BCUT2D eigenvalue weighted by molar-refractivity contribution is 0.0952. The number of carbonyl (C=O) groups excluding carboxylic acids is 1. The lowest BCUT2D eigenvalue weighted by atomic mass is 10.2. The molecule has 0 aliphatic heterocycles. The first-order valence-electron chi connectivity index (χ1n) is 4.86. The highest BCUT2D eigenvalue weighted by Crippen LogP contribution is 2.25. The minimum Gasteiger partial charge on any atom is -0.496 e. The monoisotopic (exact) mass is 289 g/mol. The van der Waals surface area contributed by atoms with Crippen molar-refractivity contribution in [2.75, 3.05) is 20.3 Å². The van der Waals surface area contributed by atoms with E-state index in [1.54, 1.807) is 18.2 Å². The van der Waals surface area contributed by atoms with E-state index in [2.05, 4.69) is 21.2 Å². The average molecular weight is 290 g/mol.